The van der Waals surface area contributed by atoms with E-state index < -0.39 is 17.7 Å². The summed E-state index contributed by atoms with van der Waals surface area (Å²) >= 11 is 0. The number of carbonyl (C=O) groups excluding carboxylic acids is 2. The molecule has 0 spiro atoms. The molecule has 0 saturated carbocycles. The number of Topliss-reactive ketones (excluding diaryl/α,β-unsaturated/α-hetero) is 1. The first kappa shape index (κ1) is 18.0. The lowest BCUT2D eigenvalue weighted by Crippen LogP contribution is -2.29. The van der Waals surface area contributed by atoms with Crippen LogP contribution in [0.2, 0.25) is 0 Å². The molecule has 2 aromatic carbocycles. The number of benzene rings is 2. The molecule has 2 N–H and O–H groups in total. The smallest absolute Gasteiger partial charge is 0.300 e. The second-order valence-electron chi connectivity index (χ2n) is 7.20. The summed E-state index contributed by atoms with van der Waals surface area (Å²) in [5, 5.41) is 12.0. The van der Waals surface area contributed by atoms with Crippen LogP contribution in [0.4, 0.5) is 5.69 Å². The Kier molecular flexibility index (Phi) is 4.06. The molecule has 0 bridgehead atoms. The average Bonchev–Trinajstić information content (AvgIpc) is 3.45. The number of rotatable bonds is 3. The molecule has 0 radical (unpaired) electrons. The van der Waals surface area contributed by atoms with E-state index in [0.717, 1.165) is 10.9 Å². The molecule has 1 atom stereocenters. The molecule has 0 aliphatic carbocycles. The van der Waals surface area contributed by atoms with Gasteiger partial charge in [-0.05, 0) is 37.3 Å². The van der Waals surface area contributed by atoms with Crippen molar-refractivity contribution in [3.63, 3.8) is 0 Å². The normalized spacial score (nSPS) is 18.4. The van der Waals surface area contributed by atoms with Crippen LogP contribution in [-0.4, -0.2) is 21.8 Å². The van der Waals surface area contributed by atoms with Gasteiger partial charge in [-0.25, -0.2) is 0 Å². The Labute approximate surface area is 172 Å². The topological polar surface area (TPSA) is 86.5 Å². The van der Waals surface area contributed by atoms with Crippen molar-refractivity contribution in [1.82, 2.24) is 4.98 Å². The van der Waals surface area contributed by atoms with Gasteiger partial charge < -0.3 is 14.5 Å². The number of aliphatic hydroxyl groups excluding tert-OH is 1. The van der Waals surface area contributed by atoms with Crippen LogP contribution in [0.3, 0.4) is 0 Å². The number of nitrogens with zero attached hydrogens (tertiary/aromatic N) is 1. The van der Waals surface area contributed by atoms with Gasteiger partial charge in [-0.2, -0.15) is 0 Å². The number of nitrogens with one attached hydrogen (secondary N) is 1. The fourth-order valence-electron chi connectivity index (χ4n) is 3.97. The maximum atomic E-state index is 13.1. The van der Waals surface area contributed by atoms with Crippen LogP contribution in [0.25, 0.3) is 16.7 Å². The van der Waals surface area contributed by atoms with Crippen LogP contribution in [0, 0.1) is 6.92 Å². The van der Waals surface area contributed by atoms with Crippen LogP contribution >= 0.6 is 0 Å². The largest absolute Gasteiger partial charge is 0.507 e. The summed E-state index contributed by atoms with van der Waals surface area (Å²) in [6.45, 7) is 1.79. The number of furan rings is 1. The Hall–Kier alpha value is -4.06. The second-order valence-corrected chi connectivity index (χ2v) is 7.20. The molecule has 4 aromatic rings. The van der Waals surface area contributed by atoms with E-state index in [1.807, 2.05) is 30.3 Å². The fraction of sp³-hybridized carbons (Fsp3) is 0.0833. The molecule has 5 rings (SSSR count). The van der Waals surface area contributed by atoms with Gasteiger partial charge in [0.2, 0.25) is 0 Å². The molecule has 148 valence electrons. The van der Waals surface area contributed by atoms with Gasteiger partial charge in [0, 0.05) is 28.4 Å². The lowest BCUT2D eigenvalue weighted by Gasteiger charge is -2.23. The third kappa shape index (κ3) is 2.65. The first-order chi connectivity index (χ1) is 14.6. The molecule has 30 heavy (non-hydrogen) atoms. The molecule has 1 amide bonds. The summed E-state index contributed by atoms with van der Waals surface area (Å²) in [5.41, 5.74) is 1.84. The van der Waals surface area contributed by atoms with E-state index in [9.17, 15) is 14.7 Å². The van der Waals surface area contributed by atoms with E-state index in [0.29, 0.717) is 22.8 Å². The van der Waals surface area contributed by atoms with E-state index in [2.05, 4.69) is 4.98 Å². The van der Waals surface area contributed by atoms with Crippen molar-refractivity contribution in [2.45, 2.75) is 13.0 Å². The predicted molar refractivity (Wildman–Crippen MR) is 113 cm³/mol. The highest BCUT2D eigenvalue weighted by atomic mass is 16.3. The number of aliphatic hydroxyl groups is 1. The van der Waals surface area contributed by atoms with Crippen molar-refractivity contribution >= 4 is 34.0 Å². The number of aromatic nitrogens is 1. The van der Waals surface area contributed by atoms with Crippen molar-refractivity contribution in [3.05, 3.63) is 95.6 Å². The van der Waals surface area contributed by atoms with E-state index in [1.54, 1.807) is 49.5 Å². The highest BCUT2D eigenvalue weighted by Crippen LogP contribution is 2.43. The third-order valence-corrected chi connectivity index (χ3v) is 5.35. The average molecular weight is 398 g/mol. The second kappa shape index (κ2) is 6.77. The Morgan fingerprint density at radius 3 is 2.47 bits per heavy atom. The fourth-order valence-corrected chi connectivity index (χ4v) is 3.97. The summed E-state index contributed by atoms with van der Waals surface area (Å²) in [7, 11) is 0. The van der Waals surface area contributed by atoms with Gasteiger partial charge in [-0.3, -0.25) is 14.5 Å². The Morgan fingerprint density at radius 1 is 1.00 bits per heavy atom. The Balaban J connectivity index is 1.76. The molecule has 1 fully saturated rings. The number of aromatic amines is 1. The van der Waals surface area contributed by atoms with Crippen LogP contribution in [0.5, 0.6) is 0 Å². The maximum absolute atomic E-state index is 13.1. The third-order valence-electron chi connectivity index (χ3n) is 5.35. The quantitative estimate of drug-likeness (QED) is 0.298. The number of anilines is 1. The van der Waals surface area contributed by atoms with Crippen LogP contribution in [0.15, 0.2) is 82.9 Å². The first-order valence-electron chi connectivity index (χ1n) is 9.55. The van der Waals surface area contributed by atoms with E-state index >= 15 is 0 Å². The predicted octanol–water partition coefficient (Wildman–Crippen LogP) is 4.70. The van der Waals surface area contributed by atoms with Crippen molar-refractivity contribution in [3.8, 4) is 0 Å². The number of carbonyl (C=O) groups is 2. The maximum Gasteiger partial charge on any atom is 0.300 e. The van der Waals surface area contributed by atoms with Gasteiger partial charge >= 0.3 is 0 Å². The number of aryl methyl sites for hydroxylation is 1. The van der Waals surface area contributed by atoms with Gasteiger partial charge in [0.15, 0.2) is 0 Å². The van der Waals surface area contributed by atoms with E-state index in [4.69, 9.17) is 4.42 Å². The van der Waals surface area contributed by atoms with Gasteiger partial charge in [-0.15, -0.1) is 0 Å². The van der Waals surface area contributed by atoms with Gasteiger partial charge in [0.05, 0.1) is 5.57 Å². The van der Waals surface area contributed by atoms with Crippen molar-refractivity contribution < 1.29 is 19.1 Å². The zero-order valence-electron chi connectivity index (χ0n) is 16.1. The zero-order chi connectivity index (χ0) is 20.8. The van der Waals surface area contributed by atoms with Crippen LogP contribution in [0.1, 0.15) is 23.1 Å². The summed E-state index contributed by atoms with van der Waals surface area (Å²) in [6.07, 6.45) is 1.64. The number of ketones is 1. The van der Waals surface area contributed by atoms with E-state index in [-0.39, 0.29) is 11.3 Å². The lowest BCUT2D eigenvalue weighted by atomic mass is 9.99. The molecule has 6 heteroatoms. The Morgan fingerprint density at radius 2 is 1.73 bits per heavy atom. The molecule has 6 nitrogen and oxygen atoms in total. The molecule has 1 aliphatic rings. The standard InChI is InChI=1S/C24H18N2O4/c1-14-11-12-19(30-14)21-20(22(27)17-13-25-18-10-6-5-9-16(17)18)23(28)24(29)26(21)15-7-3-2-4-8-15/h2-13,21,25,27H,1H3/b22-20-. The Bertz CT molecular complexity index is 1310. The molecule has 1 saturated heterocycles. The van der Waals surface area contributed by atoms with Gasteiger partial charge in [-0.1, -0.05) is 36.4 Å². The minimum atomic E-state index is -0.866. The molecular weight excluding hydrogens is 380 g/mol. The number of hydrogen-bond donors (Lipinski definition) is 2. The SMILES string of the molecule is Cc1ccc(C2/C(=C(/O)c3c[nH]c4ccccc34)C(=O)C(=O)N2c2ccccc2)o1. The molecule has 1 aliphatic heterocycles. The monoisotopic (exact) mass is 398 g/mol. The van der Waals surface area contributed by atoms with Crippen molar-refractivity contribution in [1.29, 1.82) is 0 Å². The summed E-state index contributed by atoms with van der Waals surface area (Å²) < 4.78 is 5.80. The highest BCUT2D eigenvalue weighted by molar-refractivity contribution is 6.51. The summed E-state index contributed by atoms with van der Waals surface area (Å²) in [4.78, 5) is 30.6. The van der Waals surface area contributed by atoms with Crippen molar-refractivity contribution in [2.75, 3.05) is 4.90 Å². The highest BCUT2D eigenvalue weighted by Gasteiger charge is 2.48. The molecule has 2 aromatic heterocycles. The van der Waals surface area contributed by atoms with Crippen molar-refractivity contribution in [2.24, 2.45) is 0 Å². The number of amides is 1. The molecule has 1 unspecified atom stereocenters. The lowest BCUT2D eigenvalue weighted by molar-refractivity contribution is -0.132. The minimum absolute atomic E-state index is 0.00274. The van der Waals surface area contributed by atoms with Gasteiger partial charge in [0.25, 0.3) is 11.7 Å². The summed E-state index contributed by atoms with van der Waals surface area (Å²) in [5.74, 6) is -0.627. The van der Waals surface area contributed by atoms with Gasteiger partial charge in [0.1, 0.15) is 23.3 Å². The first-order valence-corrected chi connectivity index (χ1v) is 9.55. The molecule has 3 heterocycles. The number of H-pyrrole nitrogens is 1. The number of hydrogen-bond acceptors (Lipinski definition) is 4. The minimum Gasteiger partial charge on any atom is -0.507 e. The van der Waals surface area contributed by atoms with Crippen LogP contribution in [-0.2, 0) is 9.59 Å². The van der Waals surface area contributed by atoms with E-state index in [1.165, 1.54) is 4.90 Å². The number of para-hydroxylation sites is 2. The molecular formula is C24H18N2O4. The number of fused-ring (bicyclic) bond motifs is 1. The summed E-state index contributed by atoms with van der Waals surface area (Å²) in [6, 6.07) is 19.0. The zero-order valence-corrected chi connectivity index (χ0v) is 16.1. The van der Waals surface area contributed by atoms with Crippen LogP contribution < -0.4 is 4.90 Å².